The van der Waals surface area contributed by atoms with Crippen LogP contribution in [-0.4, -0.2) is 35.0 Å². The van der Waals surface area contributed by atoms with E-state index >= 15 is 0 Å². The Labute approximate surface area is 193 Å². The number of amides is 1. The fourth-order valence-corrected chi connectivity index (χ4v) is 3.70. The Kier molecular flexibility index (Phi) is 9.03. The fraction of sp³-hybridized carbons (Fsp3) is 0.273. The summed E-state index contributed by atoms with van der Waals surface area (Å²) in [6.07, 6.45) is 6.35. The average molecular weight is 470 g/mol. The van der Waals surface area contributed by atoms with Gasteiger partial charge in [0, 0.05) is 18.3 Å². The number of ether oxygens (including phenoxy) is 1. The number of likely N-dealkylation sites (tertiary alicyclic amines) is 1. The predicted molar refractivity (Wildman–Crippen MR) is 122 cm³/mol. The number of aromatic nitrogens is 1. The standard InChI is InChI=1S/C22H21ClN2O3.2ClH/c23-19-9-2-1-8-18(19)20-10-11-21(28-20)22(26)25-13-4-3-6-16(25)15-27-17-7-5-12-24-14-17;;/h1-2,5,7-12,14,16H,3-4,6,13,15H2;2*1H. The molecule has 1 aliphatic heterocycles. The molecular weight excluding hydrogens is 447 g/mol. The predicted octanol–water partition coefficient (Wildman–Crippen LogP) is 5.91. The highest BCUT2D eigenvalue weighted by Gasteiger charge is 2.30. The second-order valence-electron chi connectivity index (χ2n) is 6.79. The normalized spacial score (nSPS) is 15.6. The molecule has 0 saturated carbocycles. The minimum absolute atomic E-state index is 0. The molecule has 0 N–H and O–H groups in total. The largest absolute Gasteiger partial charge is 0.490 e. The summed E-state index contributed by atoms with van der Waals surface area (Å²) < 4.78 is 11.7. The number of halogens is 3. The van der Waals surface area contributed by atoms with Gasteiger partial charge in [0.2, 0.25) is 0 Å². The minimum atomic E-state index is -0.113. The molecule has 30 heavy (non-hydrogen) atoms. The van der Waals surface area contributed by atoms with Crippen LogP contribution in [0.4, 0.5) is 0 Å². The summed E-state index contributed by atoms with van der Waals surface area (Å²) in [5.74, 6) is 1.51. The molecule has 1 aromatic carbocycles. The van der Waals surface area contributed by atoms with Gasteiger partial charge in [-0.15, -0.1) is 24.8 Å². The fourth-order valence-electron chi connectivity index (χ4n) is 3.47. The molecule has 1 fully saturated rings. The van der Waals surface area contributed by atoms with E-state index in [-0.39, 0.29) is 36.8 Å². The van der Waals surface area contributed by atoms with Crippen molar-refractivity contribution in [1.82, 2.24) is 9.88 Å². The average Bonchev–Trinajstić information content (AvgIpc) is 3.23. The smallest absolute Gasteiger partial charge is 0.289 e. The highest BCUT2D eigenvalue weighted by molar-refractivity contribution is 6.33. The summed E-state index contributed by atoms with van der Waals surface area (Å²) in [6.45, 7) is 1.14. The molecule has 0 radical (unpaired) electrons. The summed E-state index contributed by atoms with van der Waals surface area (Å²) in [5.41, 5.74) is 0.776. The Bertz CT molecular complexity index is 950. The number of rotatable bonds is 5. The van der Waals surface area contributed by atoms with Crippen molar-refractivity contribution in [1.29, 1.82) is 0 Å². The molecule has 1 atom stereocenters. The van der Waals surface area contributed by atoms with Gasteiger partial charge in [0.05, 0.1) is 17.3 Å². The Morgan fingerprint density at radius 2 is 1.97 bits per heavy atom. The lowest BCUT2D eigenvalue weighted by atomic mass is 10.0. The van der Waals surface area contributed by atoms with E-state index in [4.69, 9.17) is 20.8 Å². The van der Waals surface area contributed by atoms with Crippen LogP contribution in [0.25, 0.3) is 11.3 Å². The molecule has 4 rings (SSSR count). The molecule has 1 amide bonds. The van der Waals surface area contributed by atoms with Crippen LogP contribution >= 0.6 is 36.4 Å². The van der Waals surface area contributed by atoms with E-state index in [1.807, 2.05) is 35.2 Å². The third-order valence-corrected chi connectivity index (χ3v) is 5.25. The van der Waals surface area contributed by atoms with Crippen molar-refractivity contribution >= 4 is 42.3 Å². The van der Waals surface area contributed by atoms with Gasteiger partial charge in [-0.1, -0.05) is 23.7 Å². The van der Waals surface area contributed by atoms with Gasteiger partial charge in [-0.25, -0.2) is 0 Å². The molecule has 0 bridgehead atoms. The third kappa shape index (κ3) is 5.48. The van der Waals surface area contributed by atoms with Crippen LogP contribution in [0.3, 0.4) is 0 Å². The summed E-state index contributed by atoms with van der Waals surface area (Å²) in [4.78, 5) is 19.0. The number of piperidine rings is 1. The lowest BCUT2D eigenvalue weighted by Gasteiger charge is -2.35. The van der Waals surface area contributed by atoms with Crippen LogP contribution < -0.4 is 4.74 Å². The first-order valence-electron chi connectivity index (χ1n) is 9.41. The molecule has 5 nitrogen and oxygen atoms in total. The van der Waals surface area contributed by atoms with Crippen LogP contribution in [0.1, 0.15) is 29.8 Å². The molecule has 160 valence electrons. The maximum Gasteiger partial charge on any atom is 0.289 e. The first-order chi connectivity index (χ1) is 13.7. The lowest BCUT2D eigenvalue weighted by Crippen LogP contribution is -2.46. The van der Waals surface area contributed by atoms with Gasteiger partial charge >= 0.3 is 0 Å². The van der Waals surface area contributed by atoms with E-state index in [0.717, 1.165) is 24.8 Å². The molecular formula is C22H23Cl3N2O3. The van der Waals surface area contributed by atoms with Crippen molar-refractivity contribution in [3.63, 3.8) is 0 Å². The highest BCUT2D eigenvalue weighted by Crippen LogP contribution is 2.30. The maximum atomic E-state index is 13.1. The van der Waals surface area contributed by atoms with E-state index in [1.165, 1.54) is 0 Å². The number of nitrogens with zero attached hydrogens (tertiary/aromatic N) is 2. The van der Waals surface area contributed by atoms with Gasteiger partial charge in [0.25, 0.3) is 5.91 Å². The highest BCUT2D eigenvalue weighted by atomic mass is 35.5. The monoisotopic (exact) mass is 468 g/mol. The van der Waals surface area contributed by atoms with Crippen LogP contribution in [0.2, 0.25) is 5.02 Å². The molecule has 8 heteroatoms. The maximum absolute atomic E-state index is 13.1. The zero-order valence-electron chi connectivity index (χ0n) is 16.2. The first-order valence-corrected chi connectivity index (χ1v) is 9.79. The third-order valence-electron chi connectivity index (χ3n) is 4.92. The number of furan rings is 1. The zero-order valence-corrected chi connectivity index (χ0v) is 18.6. The van der Waals surface area contributed by atoms with Crippen molar-refractivity contribution in [3.8, 4) is 17.1 Å². The van der Waals surface area contributed by atoms with Crippen LogP contribution in [0.5, 0.6) is 5.75 Å². The van der Waals surface area contributed by atoms with Gasteiger partial charge < -0.3 is 14.1 Å². The molecule has 0 aliphatic carbocycles. The van der Waals surface area contributed by atoms with Gasteiger partial charge in [-0.2, -0.15) is 0 Å². The molecule has 0 spiro atoms. The van der Waals surface area contributed by atoms with E-state index in [9.17, 15) is 4.79 Å². The number of carbonyl (C=O) groups excluding carboxylic acids is 1. The number of hydrogen-bond acceptors (Lipinski definition) is 4. The molecule has 1 aliphatic rings. The number of hydrogen-bond donors (Lipinski definition) is 0. The minimum Gasteiger partial charge on any atom is -0.490 e. The summed E-state index contributed by atoms with van der Waals surface area (Å²) in [5, 5.41) is 0.594. The molecule has 3 aromatic rings. The topological polar surface area (TPSA) is 55.6 Å². The second kappa shape index (κ2) is 11.3. The Hall–Kier alpha value is -2.21. The Balaban J connectivity index is 0.00000160. The summed E-state index contributed by atoms with van der Waals surface area (Å²) in [6, 6.07) is 14.6. The van der Waals surface area contributed by atoms with Gasteiger partial charge in [0.15, 0.2) is 5.76 Å². The zero-order chi connectivity index (χ0) is 19.3. The number of carbonyl (C=O) groups is 1. The van der Waals surface area contributed by atoms with Crippen molar-refractivity contribution in [2.24, 2.45) is 0 Å². The van der Waals surface area contributed by atoms with Gasteiger partial charge in [-0.05, 0) is 55.7 Å². The molecule has 2 aromatic heterocycles. The van der Waals surface area contributed by atoms with Crippen LogP contribution in [0, 0.1) is 0 Å². The van der Waals surface area contributed by atoms with Crippen molar-refractivity contribution in [3.05, 3.63) is 71.7 Å². The molecule has 3 heterocycles. The van der Waals surface area contributed by atoms with E-state index in [0.29, 0.717) is 35.4 Å². The quantitative estimate of drug-likeness (QED) is 0.466. The Morgan fingerprint density at radius 1 is 1.13 bits per heavy atom. The SMILES string of the molecule is Cl.Cl.O=C(c1ccc(-c2ccccc2Cl)o1)N1CCCCC1COc1cccnc1. The van der Waals surface area contributed by atoms with Crippen molar-refractivity contribution in [2.75, 3.05) is 13.2 Å². The second-order valence-corrected chi connectivity index (χ2v) is 7.20. The van der Waals surface area contributed by atoms with E-state index in [2.05, 4.69) is 4.98 Å². The van der Waals surface area contributed by atoms with Crippen molar-refractivity contribution in [2.45, 2.75) is 25.3 Å². The van der Waals surface area contributed by atoms with Gasteiger partial charge in [0.1, 0.15) is 18.1 Å². The summed E-state index contributed by atoms with van der Waals surface area (Å²) >= 11 is 6.24. The lowest BCUT2D eigenvalue weighted by molar-refractivity contribution is 0.0498. The molecule has 1 unspecified atom stereocenters. The van der Waals surface area contributed by atoms with E-state index < -0.39 is 0 Å². The van der Waals surface area contributed by atoms with Crippen LogP contribution in [0.15, 0.2) is 65.3 Å². The van der Waals surface area contributed by atoms with E-state index in [1.54, 1.807) is 30.6 Å². The number of benzene rings is 1. The number of pyridine rings is 1. The van der Waals surface area contributed by atoms with Crippen molar-refractivity contribution < 1.29 is 13.9 Å². The Morgan fingerprint density at radius 3 is 2.73 bits per heavy atom. The van der Waals surface area contributed by atoms with Crippen LogP contribution in [-0.2, 0) is 0 Å². The summed E-state index contributed by atoms with van der Waals surface area (Å²) in [7, 11) is 0. The van der Waals surface area contributed by atoms with Gasteiger partial charge in [-0.3, -0.25) is 9.78 Å². The first kappa shape index (κ1) is 24.1. The molecule has 1 saturated heterocycles.